The topological polar surface area (TPSA) is 58.1 Å². The van der Waals surface area contributed by atoms with Crippen molar-refractivity contribution < 1.29 is 4.79 Å². The molecule has 0 aliphatic heterocycles. The minimum atomic E-state index is -0.288. The van der Waals surface area contributed by atoms with Crippen molar-refractivity contribution >= 4 is 34.8 Å². The summed E-state index contributed by atoms with van der Waals surface area (Å²) >= 11 is 5.97. The van der Waals surface area contributed by atoms with E-state index in [0.29, 0.717) is 22.4 Å². The van der Waals surface area contributed by atoms with E-state index in [0.717, 1.165) is 16.9 Å². The fourth-order valence-corrected chi connectivity index (χ4v) is 2.77. The number of amides is 1. The van der Waals surface area contributed by atoms with Gasteiger partial charge in [0, 0.05) is 29.1 Å². The number of aromatic nitrogens is 2. The Balaban J connectivity index is 1.88. The number of aryl methyl sites for hydroxylation is 2. The minimum Gasteiger partial charge on any atom is -0.320 e. The number of halogens is 1. The summed E-state index contributed by atoms with van der Waals surface area (Å²) in [6, 6.07) is 16.7. The standard InChI is InChI=1S/C20H19ClN4O/c1-13-11-15(21)9-10-17(13)23-19(26)18-12-14(2)22-20(24-18)25(3)16-7-5-4-6-8-16/h4-12H,1-3H3,(H,23,26). The molecule has 132 valence electrons. The zero-order valence-corrected chi connectivity index (χ0v) is 15.6. The van der Waals surface area contributed by atoms with Crippen molar-refractivity contribution in [2.45, 2.75) is 13.8 Å². The zero-order chi connectivity index (χ0) is 18.7. The second-order valence-corrected chi connectivity index (χ2v) is 6.44. The third-order valence-corrected chi connectivity index (χ3v) is 4.19. The lowest BCUT2D eigenvalue weighted by molar-refractivity contribution is 0.102. The molecule has 0 bridgehead atoms. The van der Waals surface area contributed by atoms with Gasteiger partial charge in [0.25, 0.3) is 5.91 Å². The van der Waals surface area contributed by atoms with Gasteiger partial charge in [-0.3, -0.25) is 4.79 Å². The average molecular weight is 367 g/mol. The van der Waals surface area contributed by atoms with Crippen LogP contribution in [0.1, 0.15) is 21.7 Å². The normalized spacial score (nSPS) is 10.5. The number of nitrogens with one attached hydrogen (secondary N) is 1. The van der Waals surface area contributed by atoms with E-state index < -0.39 is 0 Å². The molecule has 1 amide bonds. The molecule has 0 fully saturated rings. The summed E-state index contributed by atoms with van der Waals surface area (Å²) < 4.78 is 0. The molecule has 1 heterocycles. The van der Waals surface area contributed by atoms with Gasteiger partial charge in [-0.2, -0.15) is 0 Å². The Kier molecular flexibility index (Phi) is 5.19. The SMILES string of the molecule is Cc1cc(C(=O)Nc2ccc(Cl)cc2C)nc(N(C)c2ccccc2)n1. The molecule has 0 radical (unpaired) electrons. The fourth-order valence-electron chi connectivity index (χ4n) is 2.54. The Hall–Kier alpha value is -2.92. The second kappa shape index (κ2) is 7.54. The number of nitrogens with zero attached hydrogens (tertiary/aromatic N) is 3. The average Bonchev–Trinajstić information content (AvgIpc) is 2.63. The summed E-state index contributed by atoms with van der Waals surface area (Å²) in [5.74, 6) is 0.179. The van der Waals surface area contributed by atoms with Crippen LogP contribution in [0.25, 0.3) is 0 Å². The molecule has 1 N–H and O–H groups in total. The van der Waals surface area contributed by atoms with Crippen LogP contribution in [0.2, 0.25) is 5.02 Å². The smallest absolute Gasteiger partial charge is 0.274 e. The monoisotopic (exact) mass is 366 g/mol. The Morgan fingerprint density at radius 1 is 1.04 bits per heavy atom. The van der Waals surface area contributed by atoms with Crippen molar-refractivity contribution in [3.8, 4) is 0 Å². The summed E-state index contributed by atoms with van der Waals surface area (Å²) in [5.41, 5.74) is 3.56. The quantitative estimate of drug-likeness (QED) is 0.722. The van der Waals surface area contributed by atoms with Gasteiger partial charge in [0.1, 0.15) is 5.69 Å². The summed E-state index contributed by atoms with van der Waals surface area (Å²) in [7, 11) is 1.87. The molecule has 26 heavy (non-hydrogen) atoms. The summed E-state index contributed by atoms with van der Waals surface area (Å²) in [6.45, 7) is 3.73. The molecular weight excluding hydrogens is 348 g/mol. The van der Waals surface area contributed by atoms with Gasteiger partial charge < -0.3 is 10.2 Å². The molecule has 1 aromatic heterocycles. The highest BCUT2D eigenvalue weighted by molar-refractivity contribution is 6.30. The van der Waals surface area contributed by atoms with Crippen LogP contribution in [-0.4, -0.2) is 22.9 Å². The Morgan fingerprint density at radius 2 is 1.77 bits per heavy atom. The lowest BCUT2D eigenvalue weighted by Crippen LogP contribution is -2.19. The molecule has 0 aliphatic rings. The largest absolute Gasteiger partial charge is 0.320 e. The number of benzene rings is 2. The molecule has 2 aromatic carbocycles. The van der Waals surface area contributed by atoms with Gasteiger partial charge in [0.15, 0.2) is 0 Å². The molecular formula is C20H19ClN4O. The van der Waals surface area contributed by atoms with Gasteiger partial charge in [-0.15, -0.1) is 0 Å². The van der Waals surface area contributed by atoms with E-state index in [2.05, 4.69) is 15.3 Å². The van der Waals surface area contributed by atoms with Gasteiger partial charge >= 0.3 is 0 Å². The molecule has 0 saturated carbocycles. The van der Waals surface area contributed by atoms with E-state index in [4.69, 9.17) is 11.6 Å². The Bertz CT molecular complexity index is 944. The van der Waals surface area contributed by atoms with Gasteiger partial charge in [-0.25, -0.2) is 9.97 Å². The highest BCUT2D eigenvalue weighted by Gasteiger charge is 2.15. The Labute approximate surface area is 157 Å². The highest BCUT2D eigenvalue weighted by atomic mass is 35.5. The Morgan fingerprint density at radius 3 is 2.46 bits per heavy atom. The predicted octanol–water partition coefficient (Wildman–Crippen LogP) is 4.77. The number of para-hydroxylation sites is 1. The molecule has 5 nitrogen and oxygen atoms in total. The van der Waals surface area contributed by atoms with Crippen LogP contribution in [0.15, 0.2) is 54.6 Å². The van der Waals surface area contributed by atoms with Crippen molar-refractivity contribution in [1.82, 2.24) is 9.97 Å². The van der Waals surface area contributed by atoms with E-state index in [9.17, 15) is 4.79 Å². The fraction of sp³-hybridized carbons (Fsp3) is 0.150. The van der Waals surface area contributed by atoms with E-state index in [1.165, 1.54) is 0 Å². The molecule has 0 aliphatic carbocycles. The van der Waals surface area contributed by atoms with E-state index >= 15 is 0 Å². The molecule has 0 saturated heterocycles. The van der Waals surface area contributed by atoms with Crippen LogP contribution in [0, 0.1) is 13.8 Å². The van der Waals surface area contributed by atoms with Crippen LogP contribution in [0.3, 0.4) is 0 Å². The number of carbonyl (C=O) groups excluding carboxylic acids is 1. The maximum atomic E-state index is 12.7. The molecule has 3 rings (SSSR count). The minimum absolute atomic E-state index is 0.288. The maximum absolute atomic E-state index is 12.7. The van der Waals surface area contributed by atoms with E-state index in [-0.39, 0.29) is 5.91 Å². The van der Waals surface area contributed by atoms with E-state index in [1.807, 2.05) is 56.1 Å². The van der Waals surface area contributed by atoms with Crippen LogP contribution < -0.4 is 10.2 Å². The predicted molar refractivity (Wildman–Crippen MR) is 105 cm³/mol. The second-order valence-electron chi connectivity index (χ2n) is 6.00. The first kappa shape index (κ1) is 17.9. The van der Waals surface area contributed by atoms with Crippen molar-refractivity contribution in [3.05, 3.63) is 76.6 Å². The number of anilines is 3. The van der Waals surface area contributed by atoms with Crippen LogP contribution in [0.5, 0.6) is 0 Å². The molecule has 6 heteroatoms. The van der Waals surface area contributed by atoms with Crippen LogP contribution in [0.4, 0.5) is 17.3 Å². The number of hydrogen-bond acceptors (Lipinski definition) is 4. The third-order valence-electron chi connectivity index (χ3n) is 3.96. The summed E-state index contributed by atoms with van der Waals surface area (Å²) in [5, 5.41) is 3.51. The first-order chi connectivity index (χ1) is 12.4. The molecule has 0 spiro atoms. The van der Waals surface area contributed by atoms with Gasteiger partial charge in [-0.05, 0) is 55.8 Å². The number of hydrogen-bond donors (Lipinski definition) is 1. The van der Waals surface area contributed by atoms with Crippen LogP contribution >= 0.6 is 11.6 Å². The zero-order valence-electron chi connectivity index (χ0n) is 14.8. The van der Waals surface area contributed by atoms with Crippen molar-refractivity contribution in [1.29, 1.82) is 0 Å². The molecule has 0 atom stereocenters. The summed E-state index contributed by atoms with van der Waals surface area (Å²) in [4.78, 5) is 23.4. The molecule has 3 aromatic rings. The molecule has 0 unspecified atom stereocenters. The lowest BCUT2D eigenvalue weighted by atomic mass is 10.2. The first-order valence-electron chi connectivity index (χ1n) is 8.16. The van der Waals surface area contributed by atoms with Gasteiger partial charge in [0.05, 0.1) is 0 Å². The van der Waals surface area contributed by atoms with Crippen LogP contribution in [-0.2, 0) is 0 Å². The summed E-state index contributed by atoms with van der Waals surface area (Å²) in [6.07, 6.45) is 0. The van der Waals surface area contributed by atoms with Crippen molar-refractivity contribution in [3.63, 3.8) is 0 Å². The highest BCUT2D eigenvalue weighted by Crippen LogP contribution is 2.22. The first-order valence-corrected chi connectivity index (χ1v) is 8.54. The third kappa shape index (κ3) is 4.00. The van der Waals surface area contributed by atoms with E-state index in [1.54, 1.807) is 24.3 Å². The van der Waals surface area contributed by atoms with Gasteiger partial charge in [0.2, 0.25) is 5.95 Å². The van der Waals surface area contributed by atoms with Gasteiger partial charge in [-0.1, -0.05) is 29.8 Å². The van der Waals surface area contributed by atoms with Crippen molar-refractivity contribution in [2.75, 3.05) is 17.3 Å². The number of carbonyl (C=O) groups is 1. The lowest BCUT2D eigenvalue weighted by Gasteiger charge is -2.18. The number of rotatable bonds is 4. The maximum Gasteiger partial charge on any atom is 0.274 e. The van der Waals surface area contributed by atoms with Crippen molar-refractivity contribution in [2.24, 2.45) is 0 Å².